The number of rotatable bonds is 2. The highest BCUT2D eigenvalue weighted by Crippen LogP contribution is 2.28. The molecule has 0 spiro atoms. The molecule has 0 fully saturated rings. The van der Waals surface area contributed by atoms with Crippen LogP contribution in [0.1, 0.15) is 11.1 Å². The molecular weight excluding hydrogens is 174 g/mol. The van der Waals surface area contributed by atoms with Crippen LogP contribution in [0.4, 0.5) is 0 Å². The van der Waals surface area contributed by atoms with Crippen LogP contribution < -0.4 is 5.73 Å². The zero-order valence-electron chi connectivity index (χ0n) is 6.97. The second-order valence-electron chi connectivity index (χ2n) is 2.78. The summed E-state index contributed by atoms with van der Waals surface area (Å²) < 4.78 is 0. The number of aromatic hydroxyl groups is 1. The Bertz CT molecular complexity index is 263. The standard InChI is InChI=1S/C9H12ClNO/c1-6-4-7(2-3-11)5-8(10)9(6)12/h4-5,12H,2-3,11H2,1H3. The Morgan fingerprint density at radius 3 is 2.67 bits per heavy atom. The fourth-order valence-electron chi connectivity index (χ4n) is 1.12. The first-order chi connectivity index (χ1) is 5.65. The van der Waals surface area contributed by atoms with Crippen molar-refractivity contribution < 1.29 is 5.11 Å². The average molecular weight is 186 g/mol. The Labute approximate surface area is 77.0 Å². The molecule has 0 unspecified atom stereocenters. The third-order valence-electron chi connectivity index (χ3n) is 1.75. The number of benzene rings is 1. The van der Waals surface area contributed by atoms with Crippen molar-refractivity contribution >= 4 is 11.6 Å². The van der Waals surface area contributed by atoms with E-state index >= 15 is 0 Å². The van der Waals surface area contributed by atoms with Crippen LogP contribution in [-0.4, -0.2) is 11.7 Å². The van der Waals surface area contributed by atoms with Crippen molar-refractivity contribution in [1.29, 1.82) is 0 Å². The monoisotopic (exact) mass is 185 g/mol. The molecule has 0 aliphatic heterocycles. The van der Waals surface area contributed by atoms with Crippen LogP contribution in [0.5, 0.6) is 5.75 Å². The number of phenolic OH excluding ortho intramolecular Hbond substituents is 1. The number of phenols is 1. The molecule has 0 amide bonds. The van der Waals surface area contributed by atoms with Crippen molar-refractivity contribution in [3.8, 4) is 5.75 Å². The molecule has 1 aromatic carbocycles. The summed E-state index contributed by atoms with van der Waals surface area (Å²) in [7, 11) is 0. The lowest BCUT2D eigenvalue weighted by Crippen LogP contribution is -2.02. The summed E-state index contributed by atoms with van der Waals surface area (Å²) in [6.07, 6.45) is 0.792. The minimum Gasteiger partial charge on any atom is -0.506 e. The summed E-state index contributed by atoms with van der Waals surface area (Å²) in [5, 5.41) is 9.74. The fourth-order valence-corrected chi connectivity index (χ4v) is 1.41. The number of aryl methyl sites for hydroxylation is 1. The third-order valence-corrected chi connectivity index (χ3v) is 2.03. The van der Waals surface area contributed by atoms with E-state index < -0.39 is 0 Å². The van der Waals surface area contributed by atoms with Crippen LogP contribution in [0.25, 0.3) is 0 Å². The van der Waals surface area contributed by atoms with Gasteiger partial charge in [0.1, 0.15) is 5.75 Å². The lowest BCUT2D eigenvalue weighted by molar-refractivity contribution is 0.471. The molecule has 0 heterocycles. The molecular formula is C9H12ClNO. The van der Waals surface area contributed by atoms with Gasteiger partial charge in [0.05, 0.1) is 5.02 Å². The summed E-state index contributed by atoms with van der Waals surface area (Å²) in [6.45, 7) is 2.42. The summed E-state index contributed by atoms with van der Waals surface area (Å²) in [5.41, 5.74) is 7.26. The van der Waals surface area contributed by atoms with Gasteiger partial charge in [-0.05, 0) is 37.1 Å². The maximum atomic E-state index is 9.34. The lowest BCUT2D eigenvalue weighted by Gasteiger charge is -2.04. The number of halogens is 1. The summed E-state index contributed by atoms with van der Waals surface area (Å²) in [4.78, 5) is 0. The van der Waals surface area contributed by atoms with E-state index in [4.69, 9.17) is 17.3 Å². The topological polar surface area (TPSA) is 46.2 Å². The van der Waals surface area contributed by atoms with E-state index in [1.807, 2.05) is 13.0 Å². The van der Waals surface area contributed by atoms with E-state index in [2.05, 4.69) is 0 Å². The van der Waals surface area contributed by atoms with E-state index in [1.54, 1.807) is 6.07 Å². The van der Waals surface area contributed by atoms with Crippen molar-refractivity contribution in [2.75, 3.05) is 6.54 Å². The van der Waals surface area contributed by atoms with Crippen molar-refractivity contribution in [1.82, 2.24) is 0 Å². The first kappa shape index (κ1) is 9.36. The van der Waals surface area contributed by atoms with Crippen molar-refractivity contribution in [2.24, 2.45) is 5.73 Å². The van der Waals surface area contributed by atoms with Gasteiger partial charge < -0.3 is 10.8 Å². The SMILES string of the molecule is Cc1cc(CCN)cc(Cl)c1O. The highest BCUT2D eigenvalue weighted by molar-refractivity contribution is 6.32. The Morgan fingerprint density at radius 2 is 2.17 bits per heavy atom. The number of hydrogen-bond donors (Lipinski definition) is 2. The van der Waals surface area contributed by atoms with Gasteiger partial charge in [0, 0.05) is 0 Å². The third kappa shape index (κ3) is 1.90. The minimum absolute atomic E-state index is 0.164. The van der Waals surface area contributed by atoms with Crippen molar-refractivity contribution in [3.05, 3.63) is 28.3 Å². The van der Waals surface area contributed by atoms with E-state index in [1.165, 1.54) is 0 Å². The van der Waals surface area contributed by atoms with Gasteiger partial charge in [-0.25, -0.2) is 0 Å². The first-order valence-corrected chi connectivity index (χ1v) is 4.21. The Morgan fingerprint density at radius 1 is 1.50 bits per heavy atom. The largest absolute Gasteiger partial charge is 0.506 e. The highest BCUT2D eigenvalue weighted by atomic mass is 35.5. The second kappa shape index (κ2) is 3.78. The van der Waals surface area contributed by atoms with Gasteiger partial charge in [-0.3, -0.25) is 0 Å². The maximum absolute atomic E-state index is 9.34. The predicted octanol–water partition coefficient (Wildman–Crippen LogP) is 1.86. The van der Waals surface area contributed by atoms with Gasteiger partial charge in [0.2, 0.25) is 0 Å². The molecule has 1 aromatic rings. The molecule has 3 heteroatoms. The molecule has 2 nitrogen and oxygen atoms in total. The van der Waals surface area contributed by atoms with Crippen LogP contribution >= 0.6 is 11.6 Å². The van der Waals surface area contributed by atoms with E-state index in [0.29, 0.717) is 11.6 Å². The van der Waals surface area contributed by atoms with Crippen LogP contribution in [0.15, 0.2) is 12.1 Å². The smallest absolute Gasteiger partial charge is 0.137 e. The summed E-state index contributed by atoms with van der Waals surface area (Å²) in [6, 6.07) is 3.64. The molecule has 3 N–H and O–H groups in total. The van der Waals surface area contributed by atoms with Gasteiger partial charge in [-0.15, -0.1) is 0 Å². The normalized spacial score (nSPS) is 10.2. The molecule has 66 valence electrons. The fraction of sp³-hybridized carbons (Fsp3) is 0.333. The van der Waals surface area contributed by atoms with Crippen molar-refractivity contribution in [3.63, 3.8) is 0 Å². The van der Waals surface area contributed by atoms with E-state index in [-0.39, 0.29) is 5.75 Å². The molecule has 0 atom stereocenters. The van der Waals surface area contributed by atoms with Gasteiger partial charge in [0.25, 0.3) is 0 Å². The zero-order valence-corrected chi connectivity index (χ0v) is 7.73. The van der Waals surface area contributed by atoms with Crippen LogP contribution in [0.3, 0.4) is 0 Å². The summed E-state index contributed by atoms with van der Waals surface area (Å²) in [5.74, 6) is 0.164. The molecule has 1 rings (SSSR count). The molecule has 0 aromatic heterocycles. The van der Waals surface area contributed by atoms with Crippen LogP contribution in [0, 0.1) is 6.92 Å². The molecule has 0 radical (unpaired) electrons. The van der Waals surface area contributed by atoms with Gasteiger partial charge in [0.15, 0.2) is 0 Å². The molecule has 0 saturated heterocycles. The molecule has 12 heavy (non-hydrogen) atoms. The first-order valence-electron chi connectivity index (χ1n) is 3.83. The van der Waals surface area contributed by atoms with Crippen LogP contribution in [-0.2, 0) is 6.42 Å². The van der Waals surface area contributed by atoms with Crippen LogP contribution in [0.2, 0.25) is 5.02 Å². The maximum Gasteiger partial charge on any atom is 0.137 e. The Kier molecular flexibility index (Phi) is 2.95. The van der Waals surface area contributed by atoms with E-state index in [0.717, 1.165) is 17.5 Å². The quantitative estimate of drug-likeness (QED) is 0.739. The van der Waals surface area contributed by atoms with Gasteiger partial charge in [-0.2, -0.15) is 0 Å². The zero-order chi connectivity index (χ0) is 9.14. The van der Waals surface area contributed by atoms with Gasteiger partial charge in [-0.1, -0.05) is 17.7 Å². The summed E-state index contributed by atoms with van der Waals surface area (Å²) >= 11 is 5.76. The Hall–Kier alpha value is -0.730. The minimum atomic E-state index is 0.164. The lowest BCUT2D eigenvalue weighted by atomic mass is 10.1. The predicted molar refractivity (Wildman–Crippen MR) is 50.6 cm³/mol. The highest BCUT2D eigenvalue weighted by Gasteiger charge is 2.03. The second-order valence-corrected chi connectivity index (χ2v) is 3.19. The molecule has 0 aliphatic rings. The number of hydrogen-bond acceptors (Lipinski definition) is 2. The number of nitrogens with two attached hydrogens (primary N) is 1. The Balaban J connectivity index is 3.04. The molecule has 0 bridgehead atoms. The van der Waals surface area contributed by atoms with E-state index in [9.17, 15) is 5.11 Å². The molecule has 0 saturated carbocycles. The van der Waals surface area contributed by atoms with Crippen molar-refractivity contribution in [2.45, 2.75) is 13.3 Å². The average Bonchev–Trinajstić information content (AvgIpc) is 2.01. The molecule has 0 aliphatic carbocycles. The van der Waals surface area contributed by atoms with Gasteiger partial charge >= 0.3 is 0 Å².